The van der Waals surface area contributed by atoms with Gasteiger partial charge in [-0.05, 0) is 49.6 Å². The zero-order valence-corrected chi connectivity index (χ0v) is 17.7. The number of pyridine rings is 1. The summed E-state index contributed by atoms with van der Waals surface area (Å²) >= 11 is 0.466. The Morgan fingerprint density at radius 1 is 1.06 bits per heavy atom. The summed E-state index contributed by atoms with van der Waals surface area (Å²) in [5, 5.41) is 11.2. The maximum Gasteiger partial charge on any atom is 0.460 e. The van der Waals surface area contributed by atoms with E-state index in [0.717, 1.165) is 18.1 Å². The van der Waals surface area contributed by atoms with Crippen LogP contribution in [0.2, 0.25) is 0 Å². The smallest absolute Gasteiger partial charge is 0.325 e. The highest BCUT2D eigenvalue weighted by atomic mass is 32.2. The van der Waals surface area contributed by atoms with E-state index in [1.54, 1.807) is 32.0 Å². The van der Waals surface area contributed by atoms with Crippen molar-refractivity contribution in [2.24, 2.45) is 0 Å². The molecule has 0 saturated heterocycles. The fraction of sp³-hybridized carbons (Fsp3) is 0.350. The fourth-order valence-electron chi connectivity index (χ4n) is 2.57. The average molecular weight is 479 g/mol. The Bertz CT molecular complexity index is 1080. The van der Waals surface area contributed by atoms with Crippen LogP contribution < -0.4 is 5.32 Å². The van der Waals surface area contributed by atoms with Crippen LogP contribution in [-0.4, -0.2) is 28.7 Å². The van der Waals surface area contributed by atoms with Crippen molar-refractivity contribution in [3.05, 3.63) is 52.2 Å². The lowest BCUT2D eigenvalue weighted by atomic mass is 10.0. The molecule has 0 aliphatic rings. The number of anilines is 1. The molecule has 1 aromatic carbocycles. The quantitative estimate of drug-likeness (QED) is 0.414. The molecule has 0 aliphatic carbocycles. The normalized spacial score (nSPS) is 12.4. The second-order valence-corrected chi connectivity index (χ2v) is 7.88. The summed E-state index contributed by atoms with van der Waals surface area (Å²) in [5.41, 5.74) is -0.393. The van der Waals surface area contributed by atoms with Gasteiger partial charge in [0.25, 0.3) is 0 Å². The standard InChI is InChI=1S/C20H16F7N3OS/c1-10-4-5-11(2)14(6-10)29-16(31)9-32-17-13(8-28)12(3)7-15(30-17)18(21,22)19(23,24)20(25,26)27/h4-7H,9H2,1-3H3,(H,29,31). The third-order valence-electron chi connectivity index (χ3n) is 4.37. The van der Waals surface area contributed by atoms with E-state index in [1.807, 2.05) is 6.07 Å². The summed E-state index contributed by atoms with van der Waals surface area (Å²) in [4.78, 5) is 15.4. The van der Waals surface area contributed by atoms with Crippen molar-refractivity contribution in [1.29, 1.82) is 5.26 Å². The molecule has 12 heteroatoms. The second-order valence-electron chi connectivity index (χ2n) is 6.92. The highest BCUT2D eigenvalue weighted by Crippen LogP contribution is 2.51. The molecule has 4 nitrogen and oxygen atoms in total. The summed E-state index contributed by atoms with van der Waals surface area (Å²) in [5.74, 6) is -13.2. The van der Waals surface area contributed by atoms with Crippen LogP contribution in [0.3, 0.4) is 0 Å². The molecule has 0 fully saturated rings. The van der Waals surface area contributed by atoms with Crippen molar-refractivity contribution in [3.8, 4) is 6.07 Å². The maximum absolute atomic E-state index is 14.1. The molecule has 2 aromatic rings. The number of hydrogen-bond acceptors (Lipinski definition) is 4. The first kappa shape index (κ1) is 25.5. The third kappa shape index (κ3) is 4.98. The highest BCUT2D eigenvalue weighted by Gasteiger charge is 2.74. The van der Waals surface area contributed by atoms with Crippen LogP contribution in [0, 0.1) is 32.1 Å². The topological polar surface area (TPSA) is 65.8 Å². The van der Waals surface area contributed by atoms with Crippen LogP contribution in [0.25, 0.3) is 0 Å². The molecule has 1 heterocycles. The highest BCUT2D eigenvalue weighted by molar-refractivity contribution is 8.00. The van der Waals surface area contributed by atoms with Gasteiger partial charge in [0, 0.05) is 5.69 Å². The number of carbonyl (C=O) groups excluding carboxylic acids is 1. The average Bonchev–Trinajstić information content (AvgIpc) is 2.67. The number of benzene rings is 1. The Kier molecular flexibility index (Phi) is 7.14. The van der Waals surface area contributed by atoms with Crippen molar-refractivity contribution >= 4 is 23.4 Å². The van der Waals surface area contributed by atoms with Crippen molar-refractivity contribution in [3.63, 3.8) is 0 Å². The molecule has 0 aliphatic heterocycles. The Hall–Kier alpha value is -2.81. The van der Waals surface area contributed by atoms with Crippen LogP contribution in [0.5, 0.6) is 0 Å². The zero-order chi connectivity index (χ0) is 24.5. The number of hydrogen-bond donors (Lipinski definition) is 1. The minimum absolute atomic E-state index is 0.285. The minimum atomic E-state index is -6.53. The van der Waals surface area contributed by atoms with Crippen molar-refractivity contribution in [1.82, 2.24) is 4.98 Å². The molecule has 1 amide bonds. The molecular formula is C20H16F7N3OS. The first-order valence-electron chi connectivity index (χ1n) is 8.86. The number of alkyl halides is 7. The van der Waals surface area contributed by atoms with Crippen molar-refractivity contribution in [2.75, 3.05) is 11.1 Å². The van der Waals surface area contributed by atoms with Crippen LogP contribution in [-0.2, 0) is 10.7 Å². The molecule has 172 valence electrons. The third-order valence-corrected chi connectivity index (χ3v) is 5.35. The maximum atomic E-state index is 14.1. The number of aryl methyl sites for hydroxylation is 3. The van der Waals surface area contributed by atoms with Crippen molar-refractivity contribution in [2.45, 2.75) is 43.8 Å². The first-order valence-corrected chi connectivity index (χ1v) is 9.85. The van der Waals surface area contributed by atoms with Crippen LogP contribution in [0.4, 0.5) is 36.4 Å². The van der Waals surface area contributed by atoms with Gasteiger partial charge in [-0.15, -0.1) is 0 Å². The molecule has 0 radical (unpaired) electrons. The molecule has 32 heavy (non-hydrogen) atoms. The number of nitrogens with one attached hydrogen (secondary N) is 1. The SMILES string of the molecule is Cc1ccc(C)c(NC(=O)CSc2nc(C(F)(F)C(F)(F)C(F)(F)F)cc(C)c2C#N)c1. The number of nitrogens with zero attached hydrogens (tertiary/aromatic N) is 2. The van der Waals surface area contributed by atoms with E-state index in [0.29, 0.717) is 23.5 Å². The van der Waals surface area contributed by atoms with E-state index in [9.17, 15) is 40.8 Å². The van der Waals surface area contributed by atoms with Gasteiger partial charge in [-0.2, -0.15) is 36.0 Å². The van der Waals surface area contributed by atoms with E-state index >= 15 is 0 Å². The van der Waals surface area contributed by atoms with E-state index in [1.165, 1.54) is 0 Å². The summed E-state index contributed by atoms with van der Waals surface area (Å²) in [6, 6.07) is 7.18. The first-order chi connectivity index (χ1) is 14.6. The molecule has 1 N–H and O–H groups in total. The van der Waals surface area contributed by atoms with Crippen LogP contribution in [0.1, 0.15) is 27.9 Å². The van der Waals surface area contributed by atoms with E-state index in [4.69, 9.17) is 0 Å². The molecule has 0 saturated carbocycles. The molecule has 2 rings (SSSR count). The predicted molar refractivity (Wildman–Crippen MR) is 104 cm³/mol. The van der Waals surface area contributed by atoms with Gasteiger partial charge in [0.15, 0.2) is 0 Å². The number of halogens is 7. The Morgan fingerprint density at radius 2 is 1.69 bits per heavy atom. The number of thioether (sulfide) groups is 1. The van der Waals surface area contributed by atoms with E-state index < -0.39 is 40.4 Å². The number of carbonyl (C=O) groups is 1. The van der Waals surface area contributed by atoms with E-state index in [-0.39, 0.29) is 11.1 Å². The monoisotopic (exact) mass is 479 g/mol. The lowest BCUT2D eigenvalue weighted by molar-refractivity contribution is -0.360. The fourth-order valence-corrected chi connectivity index (χ4v) is 3.43. The van der Waals surface area contributed by atoms with Gasteiger partial charge in [-0.1, -0.05) is 23.9 Å². The molecule has 0 unspecified atom stereocenters. The van der Waals surface area contributed by atoms with Crippen LogP contribution in [0.15, 0.2) is 29.3 Å². The number of amides is 1. The Balaban J connectivity index is 2.34. The second kappa shape index (κ2) is 8.97. The molecule has 1 aromatic heterocycles. The van der Waals surface area contributed by atoms with Gasteiger partial charge in [0.1, 0.15) is 16.8 Å². The lowest BCUT2D eigenvalue weighted by Gasteiger charge is -2.28. The van der Waals surface area contributed by atoms with E-state index in [2.05, 4.69) is 10.3 Å². The van der Waals surface area contributed by atoms with Gasteiger partial charge >= 0.3 is 18.0 Å². The van der Waals surface area contributed by atoms with Gasteiger partial charge in [-0.25, -0.2) is 4.98 Å². The molecule has 0 spiro atoms. The molecule has 0 bridgehead atoms. The lowest BCUT2D eigenvalue weighted by Crippen LogP contribution is -2.50. The number of rotatable bonds is 6. The largest absolute Gasteiger partial charge is 0.460 e. The molecular weight excluding hydrogens is 463 g/mol. The minimum Gasteiger partial charge on any atom is -0.325 e. The van der Waals surface area contributed by atoms with Crippen LogP contribution >= 0.6 is 11.8 Å². The van der Waals surface area contributed by atoms with Gasteiger partial charge in [-0.3, -0.25) is 4.79 Å². The van der Waals surface area contributed by atoms with Gasteiger partial charge in [0.2, 0.25) is 5.91 Å². The Morgan fingerprint density at radius 3 is 2.25 bits per heavy atom. The summed E-state index contributed by atoms with van der Waals surface area (Å²) in [6.07, 6.45) is -6.53. The van der Waals surface area contributed by atoms with Crippen molar-refractivity contribution < 1.29 is 35.5 Å². The summed E-state index contributed by atoms with van der Waals surface area (Å²) in [6.45, 7) is 4.61. The zero-order valence-electron chi connectivity index (χ0n) is 16.9. The predicted octanol–water partition coefficient (Wildman–Crippen LogP) is 5.90. The summed E-state index contributed by atoms with van der Waals surface area (Å²) in [7, 11) is 0. The van der Waals surface area contributed by atoms with Gasteiger partial charge < -0.3 is 5.32 Å². The number of nitriles is 1. The summed E-state index contributed by atoms with van der Waals surface area (Å²) < 4.78 is 92.6. The molecule has 0 atom stereocenters. The Labute approximate surface area is 182 Å². The van der Waals surface area contributed by atoms with Gasteiger partial charge in [0.05, 0.1) is 11.3 Å². The number of aromatic nitrogens is 1.